The minimum absolute atomic E-state index is 0.208. The first-order chi connectivity index (χ1) is 3.18. The van der Waals surface area contributed by atoms with Gasteiger partial charge in [-0.1, -0.05) is 6.92 Å². The van der Waals surface area contributed by atoms with E-state index in [2.05, 4.69) is 5.73 Å². The molecule has 0 heterocycles. The average Bonchev–Trinajstić information content (AvgIpc) is 1.65. The zero-order valence-corrected chi connectivity index (χ0v) is 5.02. The van der Waals surface area contributed by atoms with Crippen LogP contribution in [0.3, 0.4) is 0 Å². The molecule has 0 bridgehead atoms. The van der Waals surface area contributed by atoms with Gasteiger partial charge in [0.25, 0.3) is 0 Å². The van der Waals surface area contributed by atoms with Gasteiger partial charge in [-0.3, -0.25) is 0 Å². The quantitative estimate of drug-likeness (QED) is 0.482. The van der Waals surface area contributed by atoms with E-state index in [-0.39, 0.29) is 12.1 Å². The van der Waals surface area contributed by atoms with Crippen LogP contribution in [-0.4, -0.2) is 17.3 Å². The third-order valence-electron chi connectivity index (χ3n) is 1.21. The van der Waals surface area contributed by atoms with Gasteiger partial charge in [-0.15, -0.1) is 0 Å². The molecule has 0 amide bonds. The Hall–Kier alpha value is -0.0800. The molecule has 2 nitrogen and oxygen atoms in total. The van der Waals surface area contributed by atoms with Crippen molar-refractivity contribution in [3.8, 4) is 0 Å². The fraction of sp³-hybridized carbons (Fsp3) is 1.00. The molecule has 0 saturated carbocycles. The summed E-state index contributed by atoms with van der Waals surface area (Å²) in [6.45, 7) is 3.78. The van der Waals surface area contributed by atoms with Gasteiger partial charge in [0.2, 0.25) is 0 Å². The summed E-state index contributed by atoms with van der Waals surface area (Å²) in [5.41, 5.74) is 3.71. The number of quaternary nitrogens is 1. The average molecular weight is 104 g/mol. The molecule has 0 saturated heterocycles. The van der Waals surface area contributed by atoms with Crippen molar-refractivity contribution in [3.63, 3.8) is 0 Å². The van der Waals surface area contributed by atoms with Crippen molar-refractivity contribution in [2.24, 2.45) is 0 Å². The number of hydrogen-bond acceptors (Lipinski definition) is 1. The third-order valence-corrected chi connectivity index (χ3v) is 1.21. The molecule has 2 atom stereocenters. The van der Waals surface area contributed by atoms with Crippen LogP contribution in [-0.2, 0) is 0 Å². The third kappa shape index (κ3) is 2.60. The molecule has 0 radical (unpaired) electrons. The highest BCUT2D eigenvalue weighted by Crippen LogP contribution is 1.88. The molecule has 0 aliphatic heterocycles. The van der Waals surface area contributed by atoms with Crippen LogP contribution in [0.25, 0.3) is 0 Å². The van der Waals surface area contributed by atoms with E-state index in [1.54, 1.807) is 6.92 Å². The molecule has 0 aromatic heterocycles. The van der Waals surface area contributed by atoms with Crippen molar-refractivity contribution in [2.45, 2.75) is 32.4 Å². The second-order valence-electron chi connectivity index (χ2n) is 1.91. The summed E-state index contributed by atoms with van der Waals surface area (Å²) in [5.74, 6) is 0. The first kappa shape index (κ1) is 6.92. The van der Waals surface area contributed by atoms with Gasteiger partial charge in [-0.25, -0.2) is 0 Å². The maximum Gasteiger partial charge on any atom is 0.110 e. The summed E-state index contributed by atoms with van der Waals surface area (Å²) >= 11 is 0. The van der Waals surface area contributed by atoms with Gasteiger partial charge in [0.05, 0.1) is 0 Å². The predicted molar refractivity (Wildman–Crippen MR) is 28.6 cm³/mol. The zero-order valence-electron chi connectivity index (χ0n) is 5.02. The first-order valence-electron chi connectivity index (χ1n) is 2.69. The van der Waals surface area contributed by atoms with Crippen molar-refractivity contribution in [1.82, 2.24) is 0 Å². The summed E-state index contributed by atoms with van der Waals surface area (Å²) in [5, 5.41) is 8.76. The molecule has 0 aliphatic rings. The topological polar surface area (TPSA) is 47.9 Å². The second kappa shape index (κ2) is 2.99. The lowest BCUT2D eigenvalue weighted by Gasteiger charge is -2.06. The number of aliphatic hydroxyl groups is 1. The lowest BCUT2D eigenvalue weighted by molar-refractivity contribution is -0.436. The van der Waals surface area contributed by atoms with E-state index >= 15 is 0 Å². The molecule has 0 aliphatic carbocycles. The van der Waals surface area contributed by atoms with Crippen molar-refractivity contribution in [1.29, 1.82) is 0 Å². The largest absolute Gasteiger partial charge is 0.387 e. The lowest BCUT2D eigenvalue weighted by atomic mass is 10.1. The highest BCUT2D eigenvalue weighted by Gasteiger charge is 2.07. The minimum Gasteiger partial charge on any atom is -0.387 e. The maximum atomic E-state index is 8.76. The molecule has 0 spiro atoms. The molecule has 4 N–H and O–H groups in total. The fourth-order valence-corrected chi connectivity index (χ4v) is 0.341. The number of rotatable bonds is 2. The van der Waals surface area contributed by atoms with Crippen LogP contribution < -0.4 is 5.73 Å². The van der Waals surface area contributed by atoms with Crippen molar-refractivity contribution >= 4 is 0 Å². The Labute approximate surface area is 44.3 Å². The smallest absolute Gasteiger partial charge is 0.110 e. The van der Waals surface area contributed by atoms with Gasteiger partial charge in [0, 0.05) is 0 Å². The SMILES string of the molecule is CC[C@H]([NH3+])[C@@H](C)O. The first-order valence-corrected chi connectivity index (χ1v) is 2.69. The maximum absolute atomic E-state index is 8.76. The number of hydrogen-bond donors (Lipinski definition) is 2. The van der Waals surface area contributed by atoms with Gasteiger partial charge >= 0.3 is 0 Å². The summed E-state index contributed by atoms with van der Waals surface area (Å²) < 4.78 is 0. The van der Waals surface area contributed by atoms with E-state index in [0.29, 0.717) is 0 Å². The van der Waals surface area contributed by atoms with E-state index in [9.17, 15) is 0 Å². The molecular weight excluding hydrogens is 90.1 g/mol. The van der Waals surface area contributed by atoms with E-state index < -0.39 is 0 Å². The highest BCUT2D eigenvalue weighted by molar-refractivity contribution is 4.55. The predicted octanol–water partition coefficient (Wildman–Crippen LogP) is -0.612. The Morgan fingerprint density at radius 2 is 2.14 bits per heavy atom. The molecular formula is C5H14NO+. The van der Waals surface area contributed by atoms with E-state index in [1.165, 1.54) is 0 Å². The Balaban J connectivity index is 3.14. The van der Waals surface area contributed by atoms with Crippen molar-refractivity contribution in [2.75, 3.05) is 0 Å². The standard InChI is InChI=1S/C5H13NO/c1-3-5(6)4(2)7/h4-5,7H,3,6H2,1-2H3/p+1/t4-,5+/m1/s1. The molecule has 2 heteroatoms. The molecule has 0 rings (SSSR count). The minimum atomic E-state index is -0.245. The Morgan fingerprint density at radius 3 is 2.14 bits per heavy atom. The second-order valence-corrected chi connectivity index (χ2v) is 1.91. The summed E-state index contributed by atoms with van der Waals surface area (Å²) in [6.07, 6.45) is 0.711. The Bertz CT molecular complexity index is 45.3. The van der Waals surface area contributed by atoms with Crippen molar-refractivity contribution in [3.05, 3.63) is 0 Å². The molecule has 0 aromatic rings. The van der Waals surface area contributed by atoms with Crippen LogP contribution >= 0.6 is 0 Å². The van der Waals surface area contributed by atoms with Crippen molar-refractivity contribution < 1.29 is 10.8 Å². The molecule has 7 heavy (non-hydrogen) atoms. The van der Waals surface area contributed by atoms with Crippen LogP contribution in [0.4, 0.5) is 0 Å². The Morgan fingerprint density at radius 1 is 1.71 bits per heavy atom. The van der Waals surface area contributed by atoms with Gasteiger partial charge in [-0.05, 0) is 13.3 Å². The fourth-order valence-electron chi connectivity index (χ4n) is 0.341. The lowest BCUT2D eigenvalue weighted by Crippen LogP contribution is -2.65. The van der Waals surface area contributed by atoms with Gasteiger partial charge in [-0.2, -0.15) is 0 Å². The van der Waals surface area contributed by atoms with E-state index in [4.69, 9.17) is 5.11 Å². The normalized spacial score (nSPS) is 18.9. The van der Waals surface area contributed by atoms with Crippen LogP contribution in [0, 0.1) is 0 Å². The molecule has 44 valence electrons. The van der Waals surface area contributed by atoms with E-state index in [1.807, 2.05) is 6.92 Å². The summed E-state index contributed by atoms with van der Waals surface area (Å²) in [6, 6.07) is 0.208. The summed E-state index contributed by atoms with van der Waals surface area (Å²) in [7, 11) is 0. The van der Waals surface area contributed by atoms with Crippen LogP contribution in [0.5, 0.6) is 0 Å². The molecule has 0 unspecified atom stereocenters. The zero-order chi connectivity index (χ0) is 5.86. The summed E-state index contributed by atoms with van der Waals surface area (Å²) in [4.78, 5) is 0. The number of aliphatic hydroxyl groups excluding tert-OH is 1. The van der Waals surface area contributed by atoms with Gasteiger partial charge in [0.1, 0.15) is 12.1 Å². The molecule has 0 fully saturated rings. The van der Waals surface area contributed by atoms with Crippen LogP contribution in [0.1, 0.15) is 20.3 Å². The van der Waals surface area contributed by atoms with Crippen LogP contribution in [0.15, 0.2) is 0 Å². The monoisotopic (exact) mass is 104 g/mol. The van der Waals surface area contributed by atoms with Crippen LogP contribution in [0.2, 0.25) is 0 Å². The van der Waals surface area contributed by atoms with Gasteiger partial charge < -0.3 is 10.8 Å². The van der Waals surface area contributed by atoms with E-state index in [0.717, 1.165) is 6.42 Å². The Kier molecular flexibility index (Phi) is 2.96. The molecule has 0 aromatic carbocycles. The highest BCUT2D eigenvalue weighted by atomic mass is 16.3. The van der Waals surface area contributed by atoms with Gasteiger partial charge in [0.15, 0.2) is 0 Å².